The molecule has 2 heterocycles. The summed E-state index contributed by atoms with van der Waals surface area (Å²) in [6, 6.07) is 63.0. The van der Waals surface area contributed by atoms with Crippen LogP contribution < -0.4 is 4.90 Å². The fraction of sp³-hybridized carbons (Fsp3) is 0. The lowest BCUT2D eigenvalue weighted by atomic mass is 9.97. The normalized spacial score (nSPS) is 11.7. The quantitative estimate of drug-likeness (QED) is 0.186. The van der Waals surface area contributed by atoms with Crippen molar-refractivity contribution >= 4 is 81.3 Å². The van der Waals surface area contributed by atoms with Gasteiger partial charge < -0.3 is 9.32 Å². The van der Waals surface area contributed by atoms with Crippen molar-refractivity contribution in [2.75, 3.05) is 4.90 Å². The van der Waals surface area contributed by atoms with Gasteiger partial charge in [0.05, 0.1) is 5.69 Å². The number of para-hydroxylation sites is 4. The van der Waals surface area contributed by atoms with Crippen molar-refractivity contribution in [1.82, 2.24) is 0 Å². The van der Waals surface area contributed by atoms with Crippen molar-refractivity contribution in [3.05, 3.63) is 176 Å². The van der Waals surface area contributed by atoms with Crippen LogP contribution in [-0.4, -0.2) is 0 Å². The van der Waals surface area contributed by atoms with Gasteiger partial charge in [-0.25, -0.2) is 0 Å². The van der Waals surface area contributed by atoms with Gasteiger partial charge in [0.25, 0.3) is 0 Å². The number of benzene rings is 8. The zero-order chi connectivity index (χ0) is 32.3. The highest BCUT2D eigenvalue weighted by molar-refractivity contribution is 7.27. The summed E-state index contributed by atoms with van der Waals surface area (Å²) in [5, 5.41) is 7.37. The van der Waals surface area contributed by atoms with Crippen LogP contribution in [0, 0.1) is 0 Å². The molecule has 0 fully saturated rings. The summed E-state index contributed by atoms with van der Waals surface area (Å²) < 4.78 is 8.98. The Morgan fingerprint density at radius 1 is 0.388 bits per heavy atom. The fourth-order valence-corrected chi connectivity index (χ4v) is 8.75. The monoisotopic (exact) mass is 643 g/mol. The van der Waals surface area contributed by atoms with Gasteiger partial charge in [0.2, 0.25) is 0 Å². The average Bonchev–Trinajstić information content (AvgIpc) is 3.75. The lowest BCUT2D eigenvalue weighted by Crippen LogP contribution is -2.10. The molecule has 0 N–H and O–H groups in total. The number of furan rings is 1. The largest absolute Gasteiger partial charge is 0.455 e. The minimum Gasteiger partial charge on any atom is -0.455 e. The maximum atomic E-state index is 6.36. The predicted molar refractivity (Wildman–Crippen MR) is 210 cm³/mol. The molecular weight excluding hydrogens is 615 g/mol. The molecule has 0 aliphatic heterocycles. The maximum absolute atomic E-state index is 6.36. The summed E-state index contributed by atoms with van der Waals surface area (Å²) in [7, 11) is 0. The Kier molecular flexibility index (Phi) is 6.39. The number of anilines is 3. The molecule has 10 aromatic rings. The van der Waals surface area contributed by atoms with E-state index in [0.29, 0.717) is 0 Å². The first-order chi connectivity index (χ1) is 24.3. The lowest BCUT2D eigenvalue weighted by Gasteiger charge is -2.27. The molecule has 0 unspecified atom stereocenters. The maximum Gasteiger partial charge on any atom is 0.143 e. The molecule has 2 nitrogen and oxygen atoms in total. The van der Waals surface area contributed by atoms with Gasteiger partial charge in [-0.15, -0.1) is 11.3 Å². The summed E-state index contributed by atoms with van der Waals surface area (Å²) in [4.78, 5) is 2.39. The van der Waals surface area contributed by atoms with Gasteiger partial charge in [0.15, 0.2) is 0 Å². The zero-order valence-corrected chi connectivity index (χ0v) is 27.3. The van der Waals surface area contributed by atoms with E-state index in [1.165, 1.54) is 47.8 Å². The number of hydrogen-bond donors (Lipinski definition) is 0. The molecule has 0 aliphatic rings. The highest BCUT2D eigenvalue weighted by Gasteiger charge is 2.20. The Morgan fingerprint density at radius 3 is 1.63 bits per heavy atom. The van der Waals surface area contributed by atoms with E-state index < -0.39 is 0 Å². The van der Waals surface area contributed by atoms with Crippen molar-refractivity contribution in [2.45, 2.75) is 0 Å². The van der Waals surface area contributed by atoms with E-state index in [0.717, 1.165) is 44.4 Å². The Balaban J connectivity index is 1.14. The summed E-state index contributed by atoms with van der Waals surface area (Å²) in [5.41, 5.74) is 10.0. The Labute approximate surface area is 287 Å². The number of hydrogen-bond acceptors (Lipinski definition) is 3. The molecule has 0 saturated carbocycles. The fourth-order valence-electron chi connectivity index (χ4n) is 7.40. The molecule has 8 aromatic carbocycles. The van der Waals surface area contributed by atoms with Gasteiger partial charge in [-0.05, 0) is 53.1 Å². The summed E-state index contributed by atoms with van der Waals surface area (Å²) in [6.07, 6.45) is 0. The Bertz CT molecular complexity index is 2770. The standard InChI is InChI=1S/C46H29NOS/c1-3-13-32(14-4-1)47(33-15-5-2-6-16-33)42-29-41-40-23-12-21-35(45(40)49-46(41)39-19-8-7-17-36(39)42)31-27-25-30(26-28-31)34-20-11-22-38-37-18-9-10-24-43(37)48-44(34)38/h1-29H. The van der Waals surface area contributed by atoms with Crippen LogP contribution in [0.1, 0.15) is 0 Å². The molecular formula is C46H29NOS. The van der Waals surface area contributed by atoms with E-state index in [2.05, 4.69) is 169 Å². The number of rotatable bonds is 5. The molecule has 0 spiro atoms. The summed E-state index contributed by atoms with van der Waals surface area (Å²) in [6.45, 7) is 0. The van der Waals surface area contributed by atoms with E-state index >= 15 is 0 Å². The van der Waals surface area contributed by atoms with Gasteiger partial charge in [-0.3, -0.25) is 0 Å². The lowest BCUT2D eigenvalue weighted by molar-refractivity contribution is 0.670. The van der Waals surface area contributed by atoms with Crippen molar-refractivity contribution in [3.63, 3.8) is 0 Å². The molecule has 2 aromatic heterocycles. The molecule has 10 rings (SSSR count). The van der Waals surface area contributed by atoms with Crippen LogP contribution in [0.4, 0.5) is 17.1 Å². The van der Waals surface area contributed by atoms with E-state index in [1.807, 2.05) is 23.5 Å². The third kappa shape index (κ3) is 4.47. The predicted octanol–water partition coefficient (Wildman–Crippen LogP) is 13.9. The van der Waals surface area contributed by atoms with Crippen molar-refractivity contribution in [2.24, 2.45) is 0 Å². The van der Waals surface area contributed by atoms with E-state index in [9.17, 15) is 0 Å². The van der Waals surface area contributed by atoms with Gasteiger partial charge in [0, 0.05) is 58.7 Å². The second-order valence-electron chi connectivity index (χ2n) is 12.5. The zero-order valence-electron chi connectivity index (χ0n) is 26.5. The summed E-state index contributed by atoms with van der Waals surface area (Å²) in [5.74, 6) is 0. The van der Waals surface area contributed by atoms with Crippen LogP contribution in [0.3, 0.4) is 0 Å². The molecule has 0 radical (unpaired) electrons. The van der Waals surface area contributed by atoms with Gasteiger partial charge >= 0.3 is 0 Å². The minimum absolute atomic E-state index is 0.921. The van der Waals surface area contributed by atoms with Gasteiger partial charge in [-0.2, -0.15) is 0 Å². The van der Waals surface area contributed by atoms with Crippen LogP contribution in [0.5, 0.6) is 0 Å². The second kappa shape index (κ2) is 11.2. The molecule has 230 valence electrons. The number of thiophene rings is 1. The van der Waals surface area contributed by atoms with E-state index in [-0.39, 0.29) is 0 Å². The molecule has 0 amide bonds. The molecule has 0 bridgehead atoms. The third-order valence-electron chi connectivity index (χ3n) is 9.66. The van der Waals surface area contributed by atoms with Gasteiger partial charge in [0.1, 0.15) is 11.2 Å². The van der Waals surface area contributed by atoms with Crippen LogP contribution >= 0.6 is 11.3 Å². The molecule has 0 aliphatic carbocycles. The smallest absolute Gasteiger partial charge is 0.143 e. The molecule has 49 heavy (non-hydrogen) atoms. The highest BCUT2D eigenvalue weighted by Crippen LogP contribution is 2.48. The summed E-state index contributed by atoms with van der Waals surface area (Å²) >= 11 is 1.90. The highest BCUT2D eigenvalue weighted by atomic mass is 32.1. The average molecular weight is 644 g/mol. The SMILES string of the molecule is c1ccc(N(c2ccccc2)c2cc3c4cccc(-c5ccc(-c6cccc7c6oc6ccccc67)cc5)c4sc3c3ccccc23)cc1. The van der Waals surface area contributed by atoms with Crippen LogP contribution in [-0.2, 0) is 0 Å². The number of fused-ring (bicyclic) bond motifs is 8. The molecule has 0 saturated heterocycles. The van der Waals surface area contributed by atoms with E-state index in [4.69, 9.17) is 4.42 Å². The second-order valence-corrected chi connectivity index (χ2v) is 13.5. The first-order valence-corrected chi connectivity index (χ1v) is 17.4. The minimum atomic E-state index is 0.921. The van der Waals surface area contributed by atoms with Crippen LogP contribution in [0.15, 0.2) is 180 Å². The van der Waals surface area contributed by atoms with Gasteiger partial charge in [-0.1, -0.05) is 140 Å². The number of nitrogens with zero attached hydrogens (tertiary/aromatic N) is 1. The third-order valence-corrected chi connectivity index (χ3v) is 11.0. The van der Waals surface area contributed by atoms with E-state index in [1.54, 1.807) is 0 Å². The Hall–Kier alpha value is -6.16. The topological polar surface area (TPSA) is 16.4 Å². The first-order valence-electron chi connectivity index (χ1n) is 16.6. The van der Waals surface area contributed by atoms with Crippen LogP contribution in [0.2, 0.25) is 0 Å². The van der Waals surface area contributed by atoms with Crippen LogP contribution in [0.25, 0.3) is 75.1 Å². The first kappa shape index (κ1) is 27.9. The van der Waals surface area contributed by atoms with Crippen molar-refractivity contribution < 1.29 is 4.42 Å². The molecule has 3 heteroatoms. The Morgan fingerprint density at radius 2 is 0.918 bits per heavy atom. The molecule has 0 atom stereocenters. The van der Waals surface area contributed by atoms with Crippen molar-refractivity contribution in [3.8, 4) is 22.3 Å². The van der Waals surface area contributed by atoms with Crippen molar-refractivity contribution in [1.29, 1.82) is 0 Å².